The van der Waals surface area contributed by atoms with Crippen LogP contribution in [0.15, 0.2) is 24.3 Å². The Kier molecular flexibility index (Phi) is 6.46. The number of carbonyl (C=O) groups excluding carboxylic acids is 1. The van der Waals surface area contributed by atoms with Gasteiger partial charge in [0.2, 0.25) is 0 Å². The maximum absolute atomic E-state index is 12.2. The molecule has 2 rings (SSSR count). The van der Waals surface area contributed by atoms with E-state index in [2.05, 4.69) is 19.2 Å². The lowest BCUT2D eigenvalue weighted by Crippen LogP contribution is -2.38. The van der Waals surface area contributed by atoms with E-state index < -0.39 is 11.9 Å². The van der Waals surface area contributed by atoms with E-state index in [9.17, 15) is 9.59 Å². The fourth-order valence-electron chi connectivity index (χ4n) is 2.62. The Bertz CT molecular complexity index is 574. The molecule has 1 fully saturated rings. The zero-order valence-electron chi connectivity index (χ0n) is 14.3. The normalized spacial score (nSPS) is 17.1. The fraction of sp³-hybridized carbons (Fsp3) is 0.556. The second kappa shape index (κ2) is 8.57. The molecule has 0 saturated carbocycles. The predicted molar refractivity (Wildman–Crippen MR) is 90.9 cm³/mol. The summed E-state index contributed by atoms with van der Waals surface area (Å²) in [7, 11) is 0. The van der Waals surface area contributed by atoms with Gasteiger partial charge in [-0.05, 0) is 24.8 Å². The zero-order valence-corrected chi connectivity index (χ0v) is 14.3. The number of nitrogens with one attached hydrogen (secondary N) is 1. The first-order valence-electron chi connectivity index (χ1n) is 8.43. The summed E-state index contributed by atoms with van der Waals surface area (Å²) in [5.74, 6) is 0.0640. The minimum atomic E-state index is -0.839. The van der Waals surface area contributed by atoms with Crippen molar-refractivity contribution in [1.29, 1.82) is 0 Å². The number of nitrogens with zero attached hydrogens (tertiary/aromatic N) is 1. The van der Waals surface area contributed by atoms with Gasteiger partial charge in [-0.3, -0.25) is 4.79 Å². The Morgan fingerprint density at radius 2 is 2.12 bits per heavy atom. The highest BCUT2D eigenvalue weighted by atomic mass is 16.5. The summed E-state index contributed by atoms with van der Waals surface area (Å²) in [4.78, 5) is 24.7. The molecule has 0 radical (unpaired) electrons. The molecule has 1 aliphatic rings. The van der Waals surface area contributed by atoms with Gasteiger partial charge in [-0.25, -0.2) is 4.79 Å². The topological polar surface area (TPSA) is 78.9 Å². The first-order valence-corrected chi connectivity index (χ1v) is 8.43. The maximum Gasteiger partial charge on any atom is 0.317 e. The molecule has 0 spiro atoms. The molecule has 1 saturated heterocycles. The molecule has 0 bridgehead atoms. The third-order valence-electron chi connectivity index (χ3n) is 4.18. The van der Waals surface area contributed by atoms with E-state index >= 15 is 0 Å². The second-order valence-electron chi connectivity index (χ2n) is 6.57. The van der Waals surface area contributed by atoms with Crippen molar-refractivity contribution in [3.63, 3.8) is 0 Å². The number of para-hydroxylation sites is 1. The first-order chi connectivity index (χ1) is 11.5. The summed E-state index contributed by atoms with van der Waals surface area (Å²) in [6.07, 6.45) is 1.49. The molecule has 1 heterocycles. The van der Waals surface area contributed by atoms with Crippen molar-refractivity contribution in [2.45, 2.75) is 33.2 Å². The van der Waals surface area contributed by atoms with Gasteiger partial charge in [0, 0.05) is 25.2 Å². The van der Waals surface area contributed by atoms with E-state index in [-0.39, 0.29) is 12.6 Å². The molecule has 6 nitrogen and oxygen atoms in total. The molecule has 2 N–H and O–H groups in total. The van der Waals surface area contributed by atoms with Crippen LogP contribution in [0.25, 0.3) is 0 Å². The average molecular weight is 334 g/mol. The summed E-state index contributed by atoms with van der Waals surface area (Å²) in [6, 6.07) is 7.42. The quantitative estimate of drug-likeness (QED) is 0.803. The Morgan fingerprint density at radius 3 is 2.79 bits per heavy atom. The van der Waals surface area contributed by atoms with Crippen molar-refractivity contribution in [2.75, 3.05) is 19.7 Å². The number of carbonyl (C=O) groups is 2. The van der Waals surface area contributed by atoms with Crippen LogP contribution >= 0.6 is 0 Å². The minimum absolute atomic E-state index is 0.226. The van der Waals surface area contributed by atoms with Gasteiger partial charge in [-0.1, -0.05) is 32.0 Å². The molecule has 1 aromatic carbocycles. The lowest BCUT2D eigenvalue weighted by molar-refractivity contribution is -0.141. The smallest absolute Gasteiger partial charge is 0.317 e. The Balaban J connectivity index is 1.85. The van der Waals surface area contributed by atoms with Gasteiger partial charge < -0.3 is 20.1 Å². The van der Waals surface area contributed by atoms with Crippen LogP contribution in [0.2, 0.25) is 0 Å². The van der Waals surface area contributed by atoms with E-state index in [0.717, 1.165) is 17.7 Å². The molecule has 24 heavy (non-hydrogen) atoms. The largest absolute Gasteiger partial charge is 0.493 e. The average Bonchev–Trinajstić information content (AvgIpc) is 3.03. The molecular weight excluding hydrogens is 308 g/mol. The van der Waals surface area contributed by atoms with Gasteiger partial charge in [0.15, 0.2) is 0 Å². The highest BCUT2D eigenvalue weighted by molar-refractivity contribution is 5.77. The summed E-state index contributed by atoms with van der Waals surface area (Å²) >= 11 is 0. The lowest BCUT2D eigenvalue weighted by Gasteiger charge is -2.18. The molecule has 1 unspecified atom stereocenters. The van der Waals surface area contributed by atoms with Crippen molar-refractivity contribution in [3.05, 3.63) is 29.8 Å². The first kappa shape index (κ1) is 18.1. The summed E-state index contributed by atoms with van der Waals surface area (Å²) in [5.41, 5.74) is 0.920. The van der Waals surface area contributed by atoms with E-state index in [4.69, 9.17) is 9.84 Å². The Morgan fingerprint density at radius 1 is 1.38 bits per heavy atom. The molecular formula is C18H26N2O4. The molecule has 2 amide bonds. The van der Waals surface area contributed by atoms with Crippen LogP contribution in [-0.2, 0) is 11.3 Å². The van der Waals surface area contributed by atoms with Crippen LogP contribution in [0.1, 0.15) is 32.3 Å². The number of hydrogen-bond acceptors (Lipinski definition) is 3. The standard InChI is InChI=1S/C18H26N2O4/c1-13(2)8-10-24-16-6-4-3-5-14(16)11-19-18(23)20-9-7-15(12-20)17(21)22/h3-6,13,15H,7-12H2,1-2H3,(H,19,23)(H,21,22). The molecule has 0 aromatic heterocycles. The molecule has 1 aromatic rings. The van der Waals surface area contributed by atoms with Gasteiger partial charge in [0.1, 0.15) is 5.75 Å². The predicted octanol–water partition coefficient (Wildman–Crippen LogP) is 2.73. The number of ether oxygens (including phenoxy) is 1. The highest BCUT2D eigenvalue weighted by Crippen LogP contribution is 2.20. The summed E-state index contributed by atoms with van der Waals surface area (Å²) in [5, 5.41) is 11.9. The van der Waals surface area contributed by atoms with E-state index in [1.54, 1.807) is 4.90 Å². The monoisotopic (exact) mass is 334 g/mol. The van der Waals surface area contributed by atoms with Crippen molar-refractivity contribution in [1.82, 2.24) is 10.2 Å². The Hall–Kier alpha value is -2.24. The number of carboxylic acid groups (broad SMARTS) is 1. The maximum atomic E-state index is 12.2. The molecule has 6 heteroatoms. The van der Waals surface area contributed by atoms with Crippen LogP contribution in [0.4, 0.5) is 4.79 Å². The van der Waals surface area contributed by atoms with E-state index in [0.29, 0.717) is 32.0 Å². The van der Waals surface area contributed by atoms with Crippen LogP contribution in [0, 0.1) is 11.8 Å². The zero-order chi connectivity index (χ0) is 17.5. The van der Waals surface area contributed by atoms with Crippen LogP contribution in [0.3, 0.4) is 0 Å². The van der Waals surface area contributed by atoms with Gasteiger partial charge in [-0.2, -0.15) is 0 Å². The number of carboxylic acids is 1. The van der Waals surface area contributed by atoms with Gasteiger partial charge in [0.25, 0.3) is 0 Å². The highest BCUT2D eigenvalue weighted by Gasteiger charge is 2.30. The van der Waals surface area contributed by atoms with E-state index in [1.165, 1.54) is 0 Å². The number of hydrogen-bond donors (Lipinski definition) is 2. The SMILES string of the molecule is CC(C)CCOc1ccccc1CNC(=O)N1CCC(C(=O)O)C1. The number of amides is 2. The minimum Gasteiger partial charge on any atom is -0.493 e. The Labute approximate surface area is 142 Å². The lowest BCUT2D eigenvalue weighted by atomic mass is 10.1. The van der Waals surface area contributed by atoms with Crippen molar-refractivity contribution < 1.29 is 19.4 Å². The second-order valence-corrected chi connectivity index (χ2v) is 6.57. The molecule has 0 aliphatic carbocycles. The van der Waals surface area contributed by atoms with Crippen molar-refractivity contribution in [2.24, 2.45) is 11.8 Å². The summed E-state index contributed by atoms with van der Waals surface area (Å²) < 4.78 is 5.81. The van der Waals surface area contributed by atoms with Crippen LogP contribution < -0.4 is 10.1 Å². The van der Waals surface area contributed by atoms with Gasteiger partial charge in [0.05, 0.1) is 12.5 Å². The third kappa shape index (κ3) is 5.15. The van der Waals surface area contributed by atoms with Crippen molar-refractivity contribution >= 4 is 12.0 Å². The molecule has 132 valence electrons. The molecule has 1 atom stereocenters. The van der Waals surface area contributed by atoms with Gasteiger partial charge >= 0.3 is 12.0 Å². The number of benzene rings is 1. The van der Waals surface area contributed by atoms with Crippen molar-refractivity contribution in [3.8, 4) is 5.75 Å². The molecule has 1 aliphatic heterocycles. The van der Waals surface area contributed by atoms with Crippen LogP contribution in [-0.4, -0.2) is 41.7 Å². The third-order valence-corrected chi connectivity index (χ3v) is 4.18. The van der Waals surface area contributed by atoms with E-state index in [1.807, 2.05) is 24.3 Å². The van der Waals surface area contributed by atoms with Gasteiger partial charge in [-0.15, -0.1) is 0 Å². The number of likely N-dealkylation sites (tertiary alicyclic amines) is 1. The number of rotatable bonds is 7. The van der Waals surface area contributed by atoms with Crippen LogP contribution in [0.5, 0.6) is 5.75 Å². The number of aliphatic carboxylic acids is 1. The number of urea groups is 1. The fourth-order valence-corrected chi connectivity index (χ4v) is 2.62. The summed E-state index contributed by atoms with van der Waals surface area (Å²) in [6.45, 7) is 6.06.